The molecule has 0 aliphatic carbocycles. The van der Waals surface area contributed by atoms with Crippen molar-refractivity contribution >= 4 is 5.91 Å². The lowest BCUT2D eigenvalue weighted by atomic mass is 10.00. The lowest BCUT2D eigenvalue weighted by molar-refractivity contribution is 0.0593. The fourth-order valence-electron chi connectivity index (χ4n) is 3.23. The predicted octanol–water partition coefficient (Wildman–Crippen LogP) is 3.04. The zero-order valence-corrected chi connectivity index (χ0v) is 13.5. The van der Waals surface area contributed by atoms with Crippen molar-refractivity contribution in [2.24, 2.45) is 0 Å². The summed E-state index contributed by atoms with van der Waals surface area (Å²) < 4.78 is 7.40. The van der Waals surface area contributed by atoms with E-state index in [-0.39, 0.29) is 17.7 Å². The lowest BCUT2D eigenvalue weighted by Gasteiger charge is -2.35. The number of aryl methyl sites for hydroxylation is 2. The number of piperidine rings is 1. The van der Waals surface area contributed by atoms with Crippen molar-refractivity contribution < 1.29 is 9.21 Å². The van der Waals surface area contributed by atoms with Crippen LogP contribution >= 0.6 is 0 Å². The molecule has 6 heteroatoms. The molecule has 0 aromatic carbocycles. The van der Waals surface area contributed by atoms with Gasteiger partial charge in [0.15, 0.2) is 0 Å². The van der Waals surface area contributed by atoms with Crippen LogP contribution in [-0.4, -0.2) is 26.9 Å². The van der Waals surface area contributed by atoms with Crippen LogP contribution in [-0.2, 0) is 6.54 Å². The van der Waals surface area contributed by atoms with Gasteiger partial charge in [0.2, 0.25) is 5.76 Å². The predicted molar refractivity (Wildman–Crippen MR) is 83.7 cm³/mol. The topological polar surface area (TPSA) is 75.1 Å². The van der Waals surface area contributed by atoms with Gasteiger partial charge in [0.1, 0.15) is 17.7 Å². The molecule has 0 N–H and O–H groups in total. The van der Waals surface area contributed by atoms with E-state index in [0.717, 1.165) is 31.6 Å². The number of carbonyl (C=O) groups excluding carboxylic acids is 1. The molecule has 0 radical (unpaired) electrons. The quantitative estimate of drug-likeness (QED) is 0.873. The monoisotopic (exact) mass is 312 g/mol. The van der Waals surface area contributed by atoms with E-state index in [1.807, 2.05) is 17.2 Å². The number of nitriles is 1. The summed E-state index contributed by atoms with van der Waals surface area (Å²) in [5.74, 6) is 1.52. The van der Waals surface area contributed by atoms with Gasteiger partial charge in [-0.15, -0.1) is 0 Å². The number of hydrogen-bond donors (Lipinski definition) is 0. The van der Waals surface area contributed by atoms with Crippen LogP contribution in [0, 0.1) is 18.3 Å². The number of carbonyl (C=O) groups is 1. The van der Waals surface area contributed by atoms with Crippen LogP contribution in [0.3, 0.4) is 0 Å². The van der Waals surface area contributed by atoms with Gasteiger partial charge < -0.3 is 13.9 Å². The van der Waals surface area contributed by atoms with Crippen molar-refractivity contribution in [3.63, 3.8) is 0 Å². The van der Waals surface area contributed by atoms with Crippen molar-refractivity contribution in [2.45, 2.75) is 45.7 Å². The van der Waals surface area contributed by atoms with Crippen LogP contribution in [0.25, 0.3) is 0 Å². The summed E-state index contributed by atoms with van der Waals surface area (Å²) in [5, 5.41) is 8.96. The van der Waals surface area contributed by atoms with E-state index in [9.17, 15) is 4.79 Å². The first kappa shape index (κ1) is 15.3. The van der Waals surface area contributed by atoms with Gasteiger partial charge in [-0.1, -0.05) is 0 Å². The Morgan fingerprint density at radius 3 is 3.04 bits per heavy atom. The largest absolute Gasteiger partial charge is 0.450 e. The summed E-state index contributed by atoms with van der Waals surface area (Å²) in [6.07, 6.45) is 6.71. The molecule has 1 amide bonds. The van der Waals surface area contributed by atoms with Crippen LogP contribution < -0.4 is 0 Å². The number of hydrogen-bond acceptors (Lipinski definition) is 4. The van der Waals surface area contributed by atoms with Gasteiger partial charge in [0.05, 0.1) is 11.6 Å². The molecule has 6 nitrogen and oxygen atoms in total. The normalized spacial score (nSPS) is 18.0. The highest BCUT2D eigenvalue weighted by Gasteiger charge is 2.32. The van der Waals surface area contributed by atoms with Crippen molar-refractivity contribution in [1.29, 1.82) is 5.26 Å². The average molecular weight is 312 g/mol. The smallest absolute Gasteiger partial charge is 0.258 e. The highest BCUT2D eigenvalue weighted by molar-refractivity contribution is 5.95. The first-order chi connectivity index (χ1) is 11.2. The molecule has 1 aliphatic rings. The summed E-state index contributed by atoms with van der Waals surface area (Å²) >= 11 is 0. The fourth-order valence-corrected chi connectivity index (χ4v) is 3.23. The summed E-state index contributed by atoms with van der Waals surface area (Å²) in [5.41, 5.74) is 0.475. The molecule has 2 aromatic heterocycles. The van der Waals surface area contributed by atoms with Gasteiger partial charge in [0.25, 0.3) is 5.91 Å². The summed E-state index contributed by atoms with van der Waals surface area (Å²) in [6, 6.07) is 3.46. The molecular weight excluding hydrogens is 292 g/mol. The van der Waals surface area contributed by atoms with Crippen LogP contribution in [0.2, 0.25) is 0 Å². The molecule has 23 heavy (non-hydrogen) atoms. The van der Waals surface area contributed by atoms with E-state index in [4.69, 9.17) is 9.68 Å². The molecular formula is C17H20N4O2. The minimum absolute atomic E-state index is 0.0222. The van der Waals surface area contributed by atoms with E-state index in [2.05, 4.69) is 16.5 Å². The number of amides is 1. The van der Waals surface area contributed by atoms with E-state index in [1.165, 1.54) is 6.07 Å². The summed E-state index contributed by atoms with van der Waals surface area (Å²) in [7, 11) is 0. The first-order valence-electron chi connectivity index (χ1n) is 7.98. The van der Waals surface area contributed by atoms with Crippen molar-refractivity contribution in [3.05, 3.63) is 41.4 Å². The van der Waals surface area contributed by atoms with Gasteiger partial charge in [-0.2, -0.15) is 5.26 Å². The first-order valence-corrected chi connectivity index (χ1v) is 7.98. The molecule has 3 rings (SSSR count). The second-order valence-corrected chi connectivity index (χ2v) is 5.77. The number of rotatable bonds is 3. The maximum atomic E-state index is 13.0. The molecule has 3 heterocycles. The molecule has 0 unspecified atom stereocenters. The zero-order chi connectivity index (χ0) is 16.4. The number of furan rings is 1. The van der Waals surface area contributed by atoms with Gasteiger partial charge in [-0.25, -0.2) is 4.98 Å². The third kappa shape index (κ3) is 2.74. The zero-order valence-electron chi connectivity index (χ0n) is 13.5. The minimum atomic E-state index is -0.0805. The fraction of sp³-hybridized carbons (Fsp3) is 0.471. The van der Waals surface area contributed by atoms with Gasteiger partial charge >= 0.3 is 0 Å². The number of nitrogens with zero attached hydrogens (tertiary/aromatic N) is 4. The highest BCUT2D eigenvalue weighted by Crippen LogP contribution is 2.32. The molecule has 2 aromatic rings. The van der Waals surface area contributed by atoms with Gasteiger partial charge in [-0.3, -0.25) is 4.79 Å². The second kappa shape index (κ2) is 6.29. The maximum absolute atomic E-state index is 13.0. The molecule has 0 spiro atoms. The third-order valence-electron chi connectivity index (χ3n) is 4.41. The lowest BCUT2D eigenvalue weighted by Crippen LogP contribution is -2.39. The Labute approximate surface area is 135 Å². The minimum Gasteiger partial charge on any atom is -0.450 e. The number of aromatic nitrogens is 2. The summed E-state index contributed by atoms with van der Waals surface area (Å²) in [6.45, 7) is 5.32. The maximum Gasteiger partial charge on any atom is 0.258 e. The van der Waals surface area contributed by atoms with Crippen LogP contribution in [0.15, 0.2) is 22.9 Å². The Balaban J connectivity index is 1.93. The van der Waals surface area contributed by atoms with Gasteiger partial charge in [0, 0.05) is 31.5 Å². The molecule has 0 bridgehead atoms. The van der Waals surface area contributed by atoms with Crippen LogP contribution in [0.1, 0.15) is 59.9 Å². The van der Waals surface area contributed by atoms with E-state index < -0.39 is 0 Å². The molecule has 0 saturated carbocycles. The molecule has 1 fully saturated rings. The Hall–Kier alpha value is -2.55. The van der Waals surface area contributed by atoms with Gasteiger partial charge in [-0.05, 0) is 33.1 Å². The third-order valence-corrected chi connectivity index (χ3v) is 4.41. The number of likely N-dealkylation sites (tertiary alicyclic amines) is 1. The second-order valence-electron chi connectivity index (χ2n) is 5.77. The Bertz CT molecular complexity index is 753. The van der Waals surface area contributed by atoms with Crippen molar-refractivity contribution in [1.82, 2.24) is 14.5 Å². The molecule has 120 valence electrons. The van der Waals surface area contributed by atoms with Crippen LogP contribution in [0.4, 0.5) is 0 Å². The molecule has 1 aliphatic heterocycles. The van der Waals surface area contributed by atoms with Crippen molar-refractivity contribution in [3.8, 4) is 6.07 Å². The number of imidazole rings is 1. The Morgan fingerprint density at radius 2 is 2.35 bits per heavy atom. The SMILES string of the molecule is CCn1ccnc1[C@H]1CCCCN1C(=O)c1cc(C#N)oc1C. The van der Waals surface area contributed by atoms with Crippen molar-refractivity contribution in [2.75, 3.05) is 6.54 Å². The van der Waals surface area contributed by atoms with Crippen LogP contribution in [0.5, 0.6) is 0 Å². The standard InChI is InChI=1S/C17H20N4O2/c1-3-20-9-7-19-16(20)15-6-4-5-8-21(15)17(22)14-10-13(11-18)23-12(14)2/h7,9-10,15H,3-6,8H2,1-2H3/t15-/m1/s1. The summed E-state index contributed by atoms with van der Waals surface area (Å²) in [4.78, 5) is 19.3. The van der Waals surface area contributed by atoms with E-state index >= 15 is 0 Å². The Morgan fingerprint density at radius 1 is 1.52 bits per heavy atom. The average Bonchev–Trinajstić information content (AvgIpc) is 3.20. The van der Waals surface area contributed by atoms with E-state index in [1.54, 1.807) is 13.1 Å². The Kier molecular flexibility index (Phi) is 4.20. The molecule has 1 atom stereocenters. The van der Waals surface area contributed by atoms with E-state index in [0.29, 0.717) is 17.9 Å². The molecule has 1 saturated heterocycles. The highest BCUT2D eigenvalue weighted by atomic mass is 16.3.